The molecule has 5 heteroatoms. The Morgan fingerprint density at radius 3 is 2.52 bits per heavy atom. The second-order valence-corrected chi connectivity index (χ2v) is 7.10. The van der Waals surface area contributed by atoms with Crippen molar-refractivity contribution in [1.82, 2.24) is 15.1 Å². The first kappa shape index (κ1) is 17.9. The largest absolute Gasteiger partial charge is 0.354 e. The molecule has 2 unspecified atom stereocenters. The van der Waals surface area contributed by atoms with Gasteiger partial charge in [-0.15, -0.1) is 0 Å². The molecule has 1 amide bonds. The summed E-state index contributed by atoms with van der Waals surface area (Å²) < 4.78 is 0. The number of hydrogen-bond acceptors (Lipinski definition) is 4. The van der Waals surface area contributed by atoms with Crippen molar-refractivity contribution in [3.8, 4) is 6.07 Å². The van der Waals surface area contributed by atoms with Crippen LogP contribution in [0.3, 0.4) is 0 Å². The van der Waals surface area contributed by atoms with E-state index in [1.54, 1.807) is 0 Å². The average Bonchev–Trinajstić information content (AvgIpc) is 3.25. The van der Waals surface area contributed by atoms with E-state index in [0.717, 1.165) is 19.6 Å². The lowest BCUT2D eigenvalue weighted by Crippen LogP contribution is -2.48. The van der Waals surface area contributed by atoms with Crippen LogP contribution in [-0.2, 0) is 11.3 Å². The first-order chi connectivity index (χ1) is 12.3. The molecule has 1 aromatic carbocycles. The topological polar surface area (TPSA) is 59.4 Å². The van der Waals surface area contributed by atoms with Crippen molar-refractivity contribution in [1.29, 1.82) is 5.26 Å². The van der Waals surface area contributed by atoms with Crippen molar-refractivity contribution < 1.29 is 4.79 Å². The first-order valence-electron chi connectivity index (χ1n) is 9.43. The molecule has 1 N–H and O–H groups in total. The molecule has 0 spiro atoms. The van der Waals surface area contributed by atoms with E-state index in [1.165, 1.54) is 31.2 Å². The van der Waals surface area contributed by atoms with E-state index >= 15 is 0 Å². The van der Waals surface area contributed by atoms with Gasteiger partial charge < -0.3 is 5.32 Å². The van der Waals surface area contributed by atoms with Gasteiger partial charge in [-0.1, -0.05) is 30.3 Å². The number of nitrogens with one attached hydrogen (secondary N) is 1. The predicted molar refractivity (Wildman–Crippen MR) is 97.7 cm³/mol. The summed E-state index contributed by atoms with van der Waals surface area (Å²) in [6.07, 6.45) is 5.20. The molecular weight excluding hydrogens is 312 g/mol. The standard InChI is InChI=1S/C20H28N4O/c21-11-6-12-22-20(25)16-24-14-5-10-19(24)18-9-4-13-23(18)15-17-7-2-1-3-8-17/h1-3,7-8,18-19H,4-6,9-10,12-16H2,(H,22,25). The van der Waals surface area contributed by atoms with E-state index in [4.69, 9.17) is 5.26 Å². The molecule has 5 nitrogen and oxygen atoms in total. The molecule has 1 aromatic rings. The van der Waals surface area contributed by atoms with E-state index in [2.05, 4.69) is 51.5 Å². The Morgan fingerprint density at radius 2 is 1.80 bits per heavy atom. The molecule has 2 aliphatic heterocycles. The van der Waals surface area contributed by atoms with Gasteiger partial charge in [0.1, 0.15) is 0 Å². The predicted octanol–water partition coefficient (Wildman–Crippen LogP) is 2.15. The first-order valence-corrected chi connectivity index (χ1v) is 9.43. The summed E-state index contributed by atoms with van der Waals surface area (Å²) in [6, 6.07) is 13.8. The van der Waals surface area contributed by atoms with Crippen molar-refractivity contribution >= 4 is 5.91 Å². The Kier molecular flexibility index (Phi) is 6.43. The molecule has 134 valence electrons. The summed E-state index contributed by atoms with van der Waals surface area (Å²) in [7, 11) is 0. The zero-order chi connectivity index (χ0) is 17.5. The van der Waals surface area contributed by atoms with Crippen LogP contribution in [0.5, 0.6) is 0 Å². The fraction of sp³-hybridized carbons (Fsp3) is 0.600. The maximum absolute atomic E-state index is 12.1. The number of carbonyl (C=O) groups is 1. The van der Waals surface area contributed by atoms with Gasteiger partial charge in [0.05, 0.1) is 19.0 Å². The summed E-state index contributed by atoms with van der Waals surface area (Å²) in [5.41, 5.74) is 1.37. The zero-order valence-corrected chi connectivity index (χ0v) is 14.9. The van der Waals surface area contributed by atoms with E-state index in [-0.39, 0.29) is 5.91 Å². The van der Waals surface area contributed by atoms with E-state index < -0.39 is 0 Å². The van der Waals surface area contributed by atoms with Crippen molar-refractivity contribution in [2.24, 2.45) is 0 Å². The molecule has 0 radical (unpaired) electrons. The highest BCUT2D eigenvalue weighted by atomic mass is 16.2. The minimum atomic E-state index is 0.0507. The number of rotatable bonds is 7. The maximum Gasteiger partial charge on any atom is 0.234 e. The molecule has 0 saturated carbocycles. The molecule has 0 aromatic heterocycles. The summed E-state index contributed by atoms with van der Waals surface area (Å²) in [5, 5.41) is 11.4. The number of benzene rings is 1. The van der Waals surface area contributed by atoms with Crippen LogP contribution in [-0.4, -0.2) is 54.0 Å². The number of likely N-dealkylation sites (tertiary alicyclic amines) is 2. The highest BCUT2D eigenvalue weighted by Crippen LogP contribution is 2.30. The van der Waals surface area contributed by atoms with Crippen molar-refractivity contribution in [2.45, 2.75) is 50.7 Å². The van der Waals surface area contributed by atoms with Gasteiger partial charge in [0.2, 0.25) is 5.91 Å². The third-order valence-corrected chi connectivity index (χ3v) is 5.41. The minimum absolute atomic E-state index is 0.0507. The molecule has 3 rings (SSSR count). The average molecular weight is 340 g/mol. The lowest BCUT2D eigenvalue weighted by Gasteiger charge is -2.34. The van der Waals surface area contributed by atoms with Gasteiger partial charge in [-0.05, 0) is 44.3 Å². The lowest BCUT2D eigenvalue weighted by molar-refractivity contribution is -0.122. The van der Waals surface area contributed by atoms with E-state index in [9.17, 15) is 4.79 Å². The monoisotopic (exact) mass is 340 g/mol. The Balaban J connectivity index is 1.57. The number of nitriles is 1. The van der Waals surface area contributed by atoms with Crippen molar-refractivity contribution in [3.63, 3.8) is 0 Å². The third-order valence-electron chi connectivity index (χ3n) is 5.41. The van der Waals surface area contributed by atoms with Crippen LogP contribution < -0.4 is 5.32 Å². The fourth-order valence-corrected chi connectivity index (χ4v) is 4.28. The van der Waals surface area contributed by atoms with Crippen LogP contribution in [0.4, 0.5) is 0 Å². The number of carbonyl (C=O) groups excluding carboxylic acids is 1. The van der Waals surface area contributed by atoms with Gasteiger partial charge in [-0.2, -0.15) is 5.26 Å². The Bertz CT molecular complexity index is 597. The van der Waals surface area contributed by atoms with Crippen LogP contribution in [0.15, 0.2) is 30.3 Å². The van der Waals surface area contributed by atoms with E-state index in [0.29, 0.717) is 31.6 Å². The smallest absolute Gasteiger partial charge is 0.234 e. The molecule has 0 aliphatic carbocycles. The van der Waals surface area contributed by atoms with Crippen LogP contribution in [0.2, 0.25) is 0 Å². The Hall–Kier alpha value is -1.90. The molecule has 2 aliphatic rings. The summed E-state index contributed by atoms with van der Waals surface area (Å²) >= 11 is 0. The molecule has 25 heavy (non-hydrogen) atoms. The highest BCUT2D eigenvalue weighted by Gasteiger charge is 2.38. The van der Waals surface area contributed by atoms with Gasteiger partial charge in [0.15, 0.2) is 0 Å². The molecule has 2 heterocycles. The van der Waals surface area contributed by atoms with Crippen LogP contribution in [0.1, 0.15) is 37.7 Å². The van der Waals surface area contributed by atoms with E-state index in [1.807, 2.05) is 0 Å². The zero-order valence-electron chi connectivity index (χ0n) is 14.9. The second kappa shape index (κ2) is 8.98. The SMILES string of the molecule is N#CCCNC(=O)CN1CCCC1C1CCCN1Cc1ccccc1. The fourth-order valence-electron chi connectivity index (χ4n) is 4.28. The Labute approximate surface area is 150 Å². The second-order valence-electron chi connectivity index (χ2n) is 7.10. The highest BCUT2D eigenvalue weighted by molar-refractivity contribution is 5.78. The summed E-state index contributed by atoms with van der Waals surface area (Å²) in [5.74, 6) is 0.0507. The van der Waals surface area contributed by atoms with Crippen LogP contribution in [0.25, 0.3) is 0 Å². The van der Waals surface area contributed by atoms with Gasteiger partial charge in [0, 0.05) is 25.2 Å². The third kappa shape index (κ3) is 4.81. The number of amides is 1. The minimum Gasteiger partial charge on any atom is -0.354 e. The van der Waals surface area contributed by atoms with Crippen molar-refractivity contribution in [3.05, 3.63) is 35.9 Å². The Morgan fingerprint density at radius 1 is 1.12 bits per heavy atom. The summed E-state index contributed by atoms with van der Waals surface area (Å²) in [6.45, 7) is 4.08. The normalized spacial score (nSPS) is 24.3. The van der Waals surface area contributed by atoms with Gasteiger partial charge in [-0.3, -0.25) is 14.6 Å². The van der Waals surface area contributed by atoms with Gasteiger partial charge in [0.25, 0.3) is 0 Å². The van der Waals surface area contributed by atoms with Gasteiger partial charge >= 0.3 is 0 Å². The van der Waals surface area contributed by atoms with Gasteiger partial charge in [-0.25, -0.2) is 0 Å². The molecule has 2 fully saturated rings. The van der Waals surface area contributed by atoms with Crippen LogP contribution >= 0.6 is 0 Å². The lowest BCUT2D eigenvalue weighted by atomic mass is 10.0. The number of hydrogen-bond donors (Lipinski definition) is 1. The van der Waals surface area contributed by atoms with Crippen molar-refractivity contribution in [2.75, 3.05) is 26.2 Å². The van der Waals surface area contributed by atoms with Crippen LogP contribution in [0, 0.1) is 11.3 Å². The quantitative estimate of drug-likeness (QED) is 0.773. The molecular formula is C20H28N4O. The molecule has 2 atom stereocenters. The maximum atomic E-state index is 12.1. The summed E-state index contributed by atoms with van der Waals surface area (Å²) in [4.78, 5) is 17.1. The molecule has 2 saturated heterocycles. The number of nitrogens with zero attached hydrogens (tertiary/aromatic N) is 3. The molecule has 0 bridgehead atoms.